The van der Waals surface area contributed by atoms with Gasteiger partial charge in [0.05, 0.1) is 6.61 Å². The summed E-state index contributed by atoms with van der Waals surface area (Å²) in [5.41, 5.74) is 0. The van der Waals surface area contributed by atoms with Crippen molar-refractivity contribution >= 4 is 6.09 Å². The van der Waals surface area contributed by atoms with Crippen LogP contribution in [0.1, 0.15) is 0 Å². The van der Waals surface area contributed by atoms with E-state index < -0.39 is 6.09 Å². The SMILES string of the molecule is O=C(O)N1CCN2C[C@@H](CO)NCC2C1. The Hall–Kier alpha value is -0.850. The fourth-order valence-electron chi connectivity index (χ4n) is 2.27. The van der Waals surface area contributed by atoms with E-state index in [1.54, 1.807) is 0 Å². The average Bonchev–Trinajstić information content (AvgIpc) is 2.27. The highest BCUT2D eigenvalue weighted by Gasteiger charge is 2.33. The molecule has 0 aromatic carbocycles. The Bertz CT molecular complexity index is 249. The molecular weight excluding hydrogens is 198 g/mol. The first-order chi connectivity index (χ1) is 7.20. The minimum atomic E-state index is -0.834. The molecule has 0 aromatic rings. The molecule has 6 heteroatoms. The number of aliphatic hydroxyl groups is 1. The van der Waals surface area contributed by atoms with E-state index in [-0.39, 0.29) is 18.7 Å². The summed E-state index contributed by atoms with van der Waals surface area (Å²) in [4.78, 5) is 14.5. The largest absolute Gasteiger partial charge is 0.465 e. The van der Waals surface area contributed by atoms with E-state index in [2.05, 4.69) is 10.2 Å². The summed E-state index contributed by atoms with van der Waals surface area (Å²) in [6.45, 7) is 3.63. The number of fused-ring (bicyclic) bond motifs is 1. The van der Waals surface area contributed by atoms with Crippen molar-refractivity contribution in [2.75, 3.05) is 39.3 Å². The van der Waals surface area contributed by atoms with Gasteiger partial charge in [-0.15, -0.1) is 0 Å². The number of rotatable bonds is 1. The molecule has 2 saturated heterocycles. The lowest BCUT2D eigenvalue weighted by Crippen LogP contribution is -2.65. The van der Waals surface area contributed by atoms with Crippen LogP contribution >= 0.6 is 0 Å². The molecule has 2 aliphatic heterocycles. The second-order valence-electron chi connectivity index (χ2n) is 4.17. The van der Waals surface area contributed by atoms with Crippen molar-refractivity contribution in [2.45, 2.75) is 12.1 Å². The van der Waals surface area contributed by atoms with Crippen LogP contribution in [0.15, 0.2) is 0 Å². The van der Waals surface area contributed by atoms with Crippen LogP contribution in [0.3, 0.4) is 0 Å². The molecular formula is C9H17N3O3. The molecule has 2 aliphatic rings. The molecule has 0 saturated carbocycles. The second-order valence-corrected chi connectivity index (χ2v) is 4.17. The Morgan fingerprint density at radius 1 is 1.40 bits per heavy atom. The molecule has 1 amide bonds. The number of nitrogens with one attached hydrogen (secondary N) is 1. The molecule has 1 unspecified atom stereocenters. The quantitative estimate of drug-likeness (QED) is 0.502. The summed E-state index contributed by atoms with van der Waals surface area (Å²) >= 11 is 0. The van der Waals surface area contributed by atoms with Crippen LogP contribution < -0.4 is 5.32 Å². The molecule has 0 spiro atoms. The third-order valence-corrected chi connectivity index (χ3v) is 3.19. The monoisotopic (exact) mass is 215 g/mol. The van der Waals surface area contributed by atoms with Gasteiger partial charge in [-0.25, -0.2) is 4.79 Å². The summed E-state index contributed by atoms with van der Waals surface area (Å²) < 4.78 is 0. The van der Waals surface area contributed by atoms with Gasteiger partial charge in [-0.1, -0.05) is 0 Å². The summed E-state index contributed by atoms with van der Waals surface area (Å²) in [6.07, 6.45) is -0.834. The zero-order valence-electron chi connectivity index (χ0n) is 8.59. The van der Waals surface area contributed by atoms with E-state index in [1.807, 2.05) is 0 Å². The number of hydrogen-bond donors (Lipinski definition) is 3. The van der Waals surface area contributed by atoms with E-state index in [1.165, 1.54) is 4.90 Å². The second kappa shape index (κ2) is 4.34. The molecule has 6 nitrogen and oxygen atoms in total. The normalized spacial score (nSPS) is 32.5. The lowest BCUT2D eigenvalue weighted by Gasteiger charge is -2.45. The maximum Gasteiger partial charge on any atom is 0.407 e. The molecule has 3 N–H and O–H groups in total. The van der Waals surface area contributed by atoms with E-state index in [4.69, 9.17) is 10.2 Å². The van der Waals surface area contributed by atoms with Gasteiger partial charge in [0.25, 0.3) is 0 Å². The molecule has 2 heterocycles. The Balaban J connectivity index is 1.91. The first kappa shape index (κ1) is 10.7. The maximum atomic E-state index is 10.8. The van der Waals surface area contributed by atoms with Crippen LogP contribution in [0.25, 0.3) is 0 Å². The summed E-state index contributed by atoms with van der Waals surface area (Å²) in [5, 5.41) is 21.1. The Morgan fingerprint density at radius 2 is 2.20 bits per heavy atom. The van der Waals surface area contributed by atoms with Crippen molar-refractivity contribution in [3.8, 4) is 0 Å². The van der Waals surface area contributed by atoms with E-state index in [0.717, 1.165) is 19.6 Å². The summed E-state index contributed by atoms with van der Waals surface area (Å²) in [6, 6.07) is 0.398. The van der Waals surface area contributed by atoms with Crippen molar-refractivity contribution in [1.82, 2.24) is 15.1 Å². The van der Waals surface area contributed by atoms with Gasteiger partial charge in [0.1, 0.15) is 0 Å². The Morgan fingerprint density at radius 3 is 2.87 bits per heavy atom. The standard InChI is InChI=1S/C9H17N3O3/c13-6-7-4-11-1-2-12(9(14)15)5-8(11)3-10-7/h7-8,10,13H,1-6H2,(H,14,15)/t7-,8?/m0/s1. The fourth-order valence-corrected chi connectivity index (χ4v) is 2.27. The number of hydrogen-bond acceptors (Lipinski definition) is 4. The lowest BCUT2D eigenvalue weighted by atomic mass is 10.1. The summed E-state index contributed by atoms with van der Waals surface area (Å²) in [5.74, 6) is 0. The van der Waals surface area contributed by atoms with E-state index in [0.29, 0.717) is 13.1 Å². The average molecular weight is 215 g/mol. The number of aliphatic hydroxyl groups excluding tert-OH is 1. The predicted molar refractivity (Wildman–Crippen MR) is 53.8 cm³/mol. The number of piperazine rings is 2. The smallest absolute Gasteiger partial charge is 0.407 e. The highest BCUT2D eigenvalue weighted by atomic mass is 16.4. The van der Waals surface area contributed by atoms with Crippen LogP contribution in [0, 0.1) is 0 Å². The van der Waals surface area contributed by atoms with E-state index >= 15 is 0 Å². The number of carboxylic acid groups (broad SMARTS) is 1. The minimum Gasteiger partial charge on any atom is -0.465 e. The van der Waals surface area contributed by atoms with Gasteiger partial charge in [0, 0.05) is 44.8 Å². The van der Waals surface area contributed by atoms with Crippen molar-refractivity contribution in [1.29, 1.82) is 0 Å². The highest BCUT2D eigenvalue weighted by Crippen LogP contribution is 2.13. The van der Waals surface area contributed by atoms with Gasteiger partial charge in [0.15, 0.2) is 0 Å². The first-order valence-electron chi connectivity index (χ1n) is 5.27. The molecule has 0 bridgehead atoms. The zero-order valence-corrected chi connectivity index (χ0v) is 8.59. The van der Waals surface area contributed by atoms with Crippen LogP contribution in [-0.2, 0) is 0 Å². The maximum absolute atomic E-state index is 10.8. The molecule has 2 rings (SSSR count). The third kappa shape index (κ3) is 2.22. The van der Waals surface area contributed by atoms with Gasteiger partial charge in [0.2, 0.25) is 0 Å². The topological polar surface area (TPSA) is 76.0 Å². The van der Waals surface area contributed by atoms with Gasteiger partial charge >= 0.3 is 6.09 Å². The third-order valence-electron chi connectivity index (χ3n) is 3.19. The van der Waals surface area contributed by atoms with Gasteiger partial charge in [-0.3, -0.25) is 4.90 Å². The molecule has 0 radical (unpaired) electrons. The molecule has 15 heavy (non-hydrogen) atoms. The zero-order chi connectivity index (χ0) is 10.8. The van der Waals surface area contributed by atoms with Gasteiger partial charge in [-0.2, -0.15) is 0 Å². The minimum absolute atomic E-state index is 0.137. The predicted octanol–water partition coefficient (Wildman–Crippen LogP) is -1.39. The number of carbonyl (C=O) groups is 1. The van der Waals surface area contributed by atoms with Crippen LogP contribution in [0.2, 0.25) is 0 Å². The van der Waals surface area contributed by atoms with Gasteiger partial charge < -0.3 is 20.4 Å². The molecule has 0 aromatic heterocycles. The van der Waals surface area contributed by atoms with Crippen molar-refractivity contribution in [3.05, 3.63) is 0 Å². The van der Waals surface area contributed by atoms with Crippen LogP contribution in [-0.4, -0.2) is 77.5 Å². The first-order valence-corrected chi connectivity index (χ1v) is 5.27. The Labute approximate surface area is 88.5 Å². The highest BCUT2D eigenvalue weighted by molar-refractivity contribution is 5.65. The van der Waals surface area contributed by atoms with Crippen LogP contribution in [0.5, 0.6) is 0 Å². The van der Waals surface area contributed by atoms with Crippen molar-refractivity contribution in [3.63, 3.8) is 0 Å². The van der Waals surface area contributed by atoms with Crippen LogP contribution in [0.4, 0.5) is 4.79 Å². The van der Waals surface area contributed by atoms with Crippen molar-refractivity contribution < 1.29 is 15.0 Å². The molecule has 2 atom stereocenters. The van der Waals surface area contributed by atoms with Crippen molar-refractivity contribution in [2.24, 2.45) is 0 Å². The number of nitrogens with zero attached hydrogens (tertiary/aromatic N) is 2. The van der Waals surface area contributed by atoms with E-state index in [9.17, 15) is 4.79 Å². The lowest BCUT2D eigenvalue weighted by molar-refractivity contribution is 0.0337. The molecule has 86 valence electrons. The summed E-state index contributed by atoms with van der Waals surface area (Å²) in [7, 11) is 0. The fraction of sp³-hybridized carbons (Fsp3) is 0.889. The molecule has 2 fully saturated rings. The Kier molecular flexibility index (Phi) is 3.08. The van der Waals surface area contributed by atoms with Gasteiger partial charge in [-0.05, 0) is 0 Å². The number of amides is 1. The molecule has 0 aliphatic carbocycles.